The standard InChI is InChI=1S/C13H17FN2O2/c1-8-11(14)5-9(6-12(8)15)13(18)16-4-2-3-10(16)7-17/h5-6,10,17H,2-4,7,15H2,1H3/t10-/m0/s1. The number of carbonyl (C=O) groups is 1. The predicted octanol–water partition coefficient (Wildman–Crippen LogP) is 1.31. The summed E-state index contributed by atoms with van der Waals surface area (Å²) in [5.41, 5.74) is 6.54. The van der Waals surface area contributed by atoms with E-state index in [0.29, 0.717) is 12.1 Å². The third-order valence-corrected chi connectivity index (χ3v) is 3.48. The maximum Gasteiger partial charge on any atom is 0.254 e. The lowest BCUT2D eigenvalue weighted by Gasteiger charge is -2.23. The van der Waals surface area contributed by atoms with Crippen LogP contribution >= 0.6 is 0 Å². The number of benzene rings is 1. The number of hydrogen-bond acceptors (Lipinski definition) is 3. The lowest BCUT2D eigenvalue weighted by molar-refractivity contribution is 0.0677. The highest BCUT2D eigenvalue weighted by Gasteiger charge is 2.29. The summed E-state index contributed by atoms with van der Waals surface area (Å²) in [6, 6.07) is 2.54. The minimum atomic E-state index is -0.474. The van der Waals surface area contributed by atoms with Crippen molar-refractivity contribution in [2.75, 3.05) is 18.9 Å². The molecule has 0 aromatic heterocycles. The van der Waals surface area contributed by atoms with Gasteiger partial charge in [0.2, 0.25) is 0 Å². The summed E-state index contributed by atoms with van der Waals surface area (Å²) in [7, 11) is 0. The van der Waals surface area contributed by atoms with Crippen LogP contribution in [0.15, 0.2) is 12.1 Å². The van der Waals surface area contributed by atoms with E-state index in [1.165, 1.54) is 12.1 Å². The molecule has 1 saturated heterocycles. The molecule has 3 N–H and O–H groups in total. The number of nitrogens with zero attached hydrogens (tertiary/aromatic N) is 1. The van der Waals surface area contributed by atoms with Gasteiger partial charge in [-0.15, -0.1) is 0 Å². The number of anilines is 1. The minimum Gasteiger partial charge on any atom is -0.398 e. The molecule has 0 unspecified atom stereocenters. The van der Waals surface area contributed by atoms with Crippen molar-refractivity contribution < 1.29 is 14.3 Å². The number of likely N-dealkylation sites (tertiary alicyclic amines) is 1. The Labute approximate surface area is 105 Å². The summed E-state index contributed by atoms with van der Waals surface area (Å²) in [5.74, 6) is -0.741. The van der Waals surface area contributed by atoms with Crippen molar-refractivity contribution >= 4 is 11.6 Å². The zero-order valence-electron chi connectivity index (χ0n) is 10.3. The van der Waals surface area contributed by atoms with Crippen LogP contribution in [0, 0.1) is 12.7 Å². The number of nitrogen functional groups attached to an aromatic ring is 1. The topological polar surface area (TPSA) is 66.6 Å². The van der Waals surface area contributed by atoms with Crippen LogP contribution in [0.2, 0.25) is 0 Å². The summed E-state index contributed by atoms with van der Waals surface area (Å²) < 4.78 is 13.6. The highest BCUT2D eigenvalue weighted by atomic mass is 19.1. The van der Waals surface area contributed by atoms with Crippen molar-refractivity contribution in [3.05, 3.63) is 29.1 Å². The second kappa shape index (κ2) is 4.94. The third-order valence-electron chi connectivity index (χ3n) is 3.48. The Morgan fingerprint density at radius 1 is 1.61 bits per heavy atom. The largest absolute Gasteiger partial charge is 0.398 e. The summed E-state index contributed by atoms with van der Waals surface area (Å²) >= 11 is 0. The van der Waals surface area contributed by atoms with Gasteiger partial charge in [0.05, 0.1) is 12.6 Å². The predicted molar refractivity (Wildman–Crippen MR) is 66.7 cm³/mol. The van der Waals surface area contributed by atoms with Gasteiger partial charge >= 0.3 is 0 Å². The van der Waals surface area contributed by atoms with E-state index in [0.717, 1.165) is 12.8 Å². The number of rotatable bonds is 2. The first-order valence-electron chi connectivity index (χ1n) is 6.02. The van der Waals surface area contributed by atoms with Gasteiger partial charge in [-0.25, -0.2) is 4.39 Å². The van der Waals surface area contributed by atoms with E-state index in [4.69, 9.17) is 5.73 Å². The molecule has 0 aliphatic carbocycles. The molecule has 1 aliphatic heterocycles. The van der Waals surface area contributed by atoms with Crippen LogP contribution in [0.3, 0.4) is 0 Å². The van der Waals surface area contributed by atoms with E-state index in [2.05, 4.69) is 0 Å². The fourth-order valence-corrected chi connectivity index (χ4v) is 2.28. The van der Waals surface area contributed by atoms with Crippen LogP contribution in [0.4, 0.5) is 10.1 Å². The Kier molecular flexibility index (Phi) is 3.52. The molecule has 0 radical (unpaired) electrons. The van der Waals surface area contributed by atoms with Gasteiger partial charge in [-0.05, 0) is 31.9 Å². The molecule has 18 heavy (non-hydrogen) atoms. The second-order valence-corrected chi connectivity index (χ2v) is 4.65. The number of amides is 1. The van der Waals surface area contributed by atoms with Crippen molar-refractivity contribution in [1.29, 1.82) is 0 Å². The monoisotopic (exact) mass is 252 g/mol. The van der Waals surface area contributed by atoms with Gasteiger partial charge in [0.15, 0.2) is 0 Å². The van der Waals surface area contributed by atoms with Crippen LogP contribution in [0.25, 0.3) is 0 Å². The average Bonchev–Trinajstić information content (AvgIpc) is 2.82. The SMILES string of the molecule is Cc1c(N)cc(C(=O)N2CCC[C@H]2CO)cc1F. The number of halogens is 1. The zero-order valence-corrected chi connectivity index (χ0v) is 10.3. The maximum atomic E-state index is 13.6. The molecular formula is C13H17FN2O2. The van der Waals surface area contributed by atoms with E-state index in [-0.39, 0.29) is 29.8 Å². The molecule has 1 atom stereocenters. The lowest BCUT2D eigenvalue weighted by Crippen LogP contribution is -2.37. The third kappa shape index (κ3) is 2.18. The van der Waals surface area contributed by atoms with Gasteiger partial charge in [0, 0.05) is 23.4 Å². The number of hydrogen-bond donors (Lipinski definition) is 2. The van der Waals surface area contributed by atoms with Gasteiger partial charge in [-0.3, -0.25) is 4.79 Å². The molecular weight excluding hydrogens is 235 g/mol. The quantitative estimate of drug-likeness (QED) is 0.780. The number of nitrogens with two attached hydrogens (primary N) is 1. The Balaban J connectivity index is 2.29. The molecule has 98 valence electrons. The van der Waals surface area contributed by atoms with E-state index in [1.54, 1.807) is 11.8 Å². The van der Waals surface area contributed by atoms with Crippen molar-refractivity contribution in [2.45, 2.75) is 25.8 Å². The summed E-state index contributed by atoms with van der Waals surface area (Å²) in [5, 5.41) is 9.19. The Morgan fingerprint density at radius 2 is 2.33 bits per heavy atom. The first-order chi connectivity index (χ1) is 8.54. The maximum absolute atomic E-state index is 13.6. The summed E-state index contributed by atoms with van der Waals surface area (Å²) in [6.45, 7) is 2.11. The molecule has 1 fully saturated rings. The first-order valence-corrected chi connectivity index (χ1v) is 6.02. The van der Waals surface area contributed by atoms with Crippen molar-refractivity contribution in [3.63, 3.8) is 0 Å². The smallest absolute Gasteiger partial charge is 0.254 e. The Bertz CT molecular complexity index is 453. The Morgan fingerprint density at radius 3 is 2.94 bits per heavy atom. The van der Waals surface area contributed by atoms with E-state index in [1.807, 2.05) is 0 Å². The highest BCUT2D eigenvalue weighted by Crippen LogP contribution is 2.23. The number of aliphatic hydroxyl groups is 1. The lowest BCUT2D eigenvalue weighted by atomic mass is 10.1. The van der Waals surface area contributed by atoms with Crippen LogP contribution in [0.5, 0.6) is 0 Å². The van der Waals surface area contributed by atoms with Gasteiger partial charge in [0.25, 0.3) is 5.91 Å². The van der Waals surface area contributed by atoms with Crippen LogP contribution in [-0.2, 0) is 0 Å². The van der Waals surface area contributed by atoms with Crippen molar-refractivity contribution in [3.8, 4) is 0 Å². The Hall–Kier alpha value is -1.62. The van der Waals surface area contributed by atoms with E-state index < -0.39 is 5.82 Å². The fraction of sp³-hybridized carbons (Fsp3) is 0.462. The zero-order chi connectivity index (χ0) is 13.3. The first kappa shape index (κ1) is 12.8. The van der Waals surface area contributed by atoms with Gasteiger partial charge in [-0.2, -0.15) is 0 Å². The molecule has 1 heterocycles. The molecule has 1 aromatic rings. The molecule has 1 amide bonds. The molecule has 1 aliphatic rings. The van der Waals surface area contributed by atoms with E-state index >= 15 is 0 Å². The van der Waals surface area contributed by atoms with Crippen molar-refractivity contribution in [2.24, 2.45) is 0 Å². The summed E-state index contributed by atoms with van der Waals surface area (Å²) in [4.78, 5) is 13.8. The van der Waals surface area contributed by atoms with Crippen molar-refractivity contribution in [1.82, 2.24) is 4.90 Å². The van der Waals surface area contributed by atoms with E-state index in [9.17, 15) is 14.3 Å². The van der Waals surface area contributed by atoms with Crippen LogP contribution in [0.1, 0.15) is 28.8 Å². The molecule has 2 rings (SSSR count). The molecule has 0 saturated carbocycles. The van der Waals surface area contributed by atoms with Crippen LogP contribution < -0.4 is 5.73 Å². The second-order valence-electron chi connectivity index (χ2n) is 4.65. The van der Waals surface area contributed by atoms with Gasteiger partial charge in [0.1, 0.15) is 5.82 Å². The van der Waals surface area contributed by atoms with Crippen LogP contribution in [-0.4, -0.2) is 35.1 Å². The molecule has 4 nitrogen and oxygen atoms in total. The average molecular weight is 252 g/mol. The number of aliphatic hydroxyl groups excluding tert-OH is 1. The molecule has 0 spiro atoms. The molecule has 1 aromatic carbocycles. The normalized spacial score (nSPS) is 19.3. The van der Waals surface area contributed by atoms with Gasteiger partial charge in [-0.1, -0.05) is 0 Å². The molecule has 5 heteroatoms. The minimum absolute atomic E-state index is 0.0600. The highest BCUT2D eigenvalue weighted by molar-refractivity contribution is 5.95. The summed E-state index contributed by atoms with van der Waals surface area (Å²) in [6.07, 6.45) is 1.65. The van der Waals surface area contributed by atoms with Gasteiger partial charge < -0.3 is 15.7 Å². The number of carbonyl (C=O) groups excluding carboxylic acids is 1. The molecule has 0 bridgehead atoms. The fourth-order valence-electron chi connectivity index (χ4n) is 2.28.